The zero-order chi connectivity index (χ0) is 18.1. The van der Waals surface area contributed by atoms with Crippen LogP contribution in [0.15, 0.2) is 28.6 Å². The van der Waals surface area contributed by atoms with Gasteiger partial charge in [-0.2, -0.15) is 0 Å². The van der Waals surface area contributed by atoms with Crippen molar-refractivity contribution in [3.8, 4) is 5.75 Å². The van der Waals surface area contributed by atoms with Gasteiger partial charge in [-0.15, -0.1) is 35.3 Å². The Balaban J connectivity index is 0.00000338. The zero-order valence-corrected chi connectivity index (χ0v) is 17.9. The highest BCUT2D eigenvalue weighted by Crippen LogP contribution is 2.17. The molecular formula is C17H23F2IN4OS. The van der Waals surface area contributed by atoms with Crippen LogP contribution in [-0.2, 0) is 13.0 Å². The van der Waals surface area contributed by atoms with Crippen LogP contribution in [0.3, 0.4) is 0 Å². The van der Waals surface area contributed by atoms with E-state index < -0.39 is 11.6 Å². The van der Waals surface area contributed by atoms with Crippen molar-refractivity contribution in [2.24, 2.45) is 4.99 Å². The van der Waals surface area contributed by atoms with Crippen LogP contribution < -0.4 is 15.4 Å². The summed E-state index contributed by atoms with van der Waals surface area (Å²) in [4.78, 5) is 8.94. The maximum atomic E-state index is 13.5. The molecule has 0 saturated heterocycles. The zero-order valence-electron chi connectivity index (χ0n) is 14.7. The summed E-state index contributed by atoms with van der Waals surface area (Å²) in [5.74, 6) is -0.676. The molecule has 1 heterocycles. The fourth-order valence-electron chi connectivity index (χ4n) is 2.01. The Labute approximate surface area is 173 Å². The second kappa shape index (κ2) is 12.0. The second-order valence-corrected chi connectivity index (χ2v) is 6.07. The number of aryl methyl sites for hydroxylation is 1. The smallest absolute Gasteiger partial charge is 0.191 e. The molecule has 5 nitrogen and oxygen atoms in total. The summed E-state index contributed by atoms with van der Waals surface area (Å²) >= 11 is 1.63. The summed E-state index contributed by atoms with van der Waals surface area (Å²) in [6.07, 6.45) is 0.921. The first-order chi connectivity index (χ1) is 12.1. The van der Waals surface area contributed by atoms with E-state index >= 15 is 0 Å². The summed E-state index contributed by atoms with van der Waals surface area (Å²) in [6, 6.07) is 3.24. The fourth-order valence-corrected chi connectivity index (χ4v) is 2.74. The van der Waals surface area contributed by atoms with E-state index in [1.807, 2.05) is 12.3 Å². The molecule has 0 spiro atoms. The summed E-state index contributed by atoms with van der Waals surface area (Å²) < 4.78 is 31.6. The molecule has 0 atom stereocenters. The van der Waals surface area contributed by atoms with Crippen LogP contribution in [0.1, 0.15) is 24.5 Å². The minimum absolute atomic E-state index is 0. The van der Waals surface area contributed by atoms with Crippen LogP contribution in [0.4, 0.5) is 8.78 Å². The van der Waals surface area contributed by atoms with Crippen molar-refractivity contribution < 1.29 is 13.5 Å². The quantitative estimate of drug-likeness (QED) is 0.253. The van der Waals surface area contributed by atoms with E-state index in [-0.39, 0.29) is 36.3 Å². The third-order valence-corrected chi connectivity index (χ3v) is 4.23. The lowest BCUT2D eigenvalue weighted by Gasteiger charge is -2.12. The lowest BCUT2D eigenvalue weighted by atomic mass is 10.3. The molecule has 1 aromatic heterocycles. The molecule has 0 aliphatic carbocycles. The predicted octanol–water partition coefficient (Wildman–Crippen LogP) is 3.74. The normalized spacial score (nSPS) is 11.0. The van der Waals surface area contributed by atoms with Crippen LogP contribution in [-0.4, -0.2) is 30.6 Å². The molecule has 1 aromatic carbocycles. The molecule has 2 N–H and O–H groups in total. The topological polar surface area (TPSA) is 58.5 Å². The first-order valence-corrected chi connectivity index (χ1v) is 9.03. The predicted molar refractivity (Wildman–Crippen MR) is 112 cm³/mol. The Morgan fingerprint density at radius 2 is 2.08 bits per heavy atom. The first-order valence-electron chi connectivity index (χ1n) is 8.15. The number of ether oxygens (including phenoxy) is 1. The molecule has 0 aliphatic rings. The lowest BCUT2D eigenvalue weighted by Crippen LogP contribution is -2.39. The molecule has 0 radical (unpaired) electrons. The third-order valence-electron chi connectivity index (χ3n) is 3.19. The maximum Gasteiger partial charge on any atom is 0.191 e. The molecule has 0 unspecified atom stereocenters. The molecule has 0 aliphatic heterocycles. The highest BCUT2D eigenvalue weighted by Gasteiger charge is 2.05. The van der Waals surface area contributed by atoms with E-state index in [0.717, 1.165) is 35.8 Å². The molecule has 2 aromatic rings. The van der Waals surface area contributed by atoms with Crippen molar-refractivity contribution in [1.82, 2.24) is 15.6 Å². The van der Waals surface area contributed by atoms with Crippen LogP contribution in [0.5, 0.6) is 5.75 Å². The number of guanidine groups is 1. The van der Waals surface area contributed by atoms with E-state index in [1.165, 1.54) is 6.07 Å². The van der Waals surface area contributed by atoms with Gasteiger partial charge in [-0.1, -0.05) is 6.92 Å². The SMILES string of the molecule is CCNC(=NCc1csc(CC)n1)NCCOc1ccc(F)cc1F.I. The van der Waals surface area contributed by atoms with Gasteiger partial charge >= 0.3 is 0 Å². The molecule has 2 rings (SSSR count). The number of hydrogen-bond donors (Lipinski definition) is 2. The highest BCUT2D eigenvalue weighted by molar-refractivity contribution is 14.0. The number of nitrogens with zero attached hydrogens (tertiary/aromatic N) is 2. The largest absolute Gasteiger partial charge is 0.489 e. The first kappa shape index (κ1) is 22.6. The molecule has 0 bridgehead atoms. The van der Waals surface area contributed by atoms with Gasteiger partial charge in [0.2, 0.25) is 0 Å². The molecule has 9 heteroatoms. The third kappa shape index (κ3) is 7.40. The van der Waals surface area contributed by atoms with Crippen LogP contribution >= 0.6 is 35.3 Å². The molecule has 0 saturated carbocycles. The monoisotopic (exact) mass is 496 g/mol. The van der Waals surface area contributed by atoms with Gasteiger partial charge in [-0.25, -0.2) is 18.8 Å². The van der Waals surface area contributed by atoms with E-state index in [9.17, 15) is 8.78 Å². The van der Waals surface area contributed by atoms with Crippen molar-refractivity contribution in [3.05, 3.63) is 45.9 Å². The van der Waals surface area contributed by atoms with Crippen molar-refractivity contribution in [1.29, 1.82) is 0 Å². The molecular weight excluding hydrogens is 473 g/mol. The van der Waals surface area contributed by atoms with Crippen molar-refractivity contribution in [2.75, 3.05) is 19.7 Å². The average Bonchev–Trinajstić information content (AvgIpc) is 3.06. The Kier molecular flexibility index (Phi) is 10.4. The van der Waals surface area contributed by atoms with Crippen LogP contribution in [0.25, 0.3) is 0 Å². The Morgan fingerprint density at radius 1 is 1.27 bits per heavy atom. The highest BCUT2D eigenvalue weighted by atomic mass is 127. The number of rotatable bonds is 8. The van der Waals surface area contributed by atoms with Crippen molar-refractivity contribution in [3.63, 3.8) is 0 Å². The van der Waals surface area contributed by atoms with Gasteiger partial charge in [-0.3, -0.25) is 0 Å². The summed E-state index contributed by atoms with van der Waals surface area (Å²) in [5, 5.41) is 9.33. The van der Waals surface area contributed by atoms with Crippen LogP contribution in [0.2, 0.25) is 0 Å². The number of benzene rings is 1. The summed E-state index contributed by atoms with van der Waals surface area (Å²) in [5.41, 5.74) is 0.934. The standard InChI is InChI=1S/C17H22F2N4OS.HI/c1-3-16-23-13(11-25-16)10-22-17(20-4-2)21-7-8-24-15-6-5-12(18)9-14(15)19;/h5-6,9,11H,3-4,7-8,10H2,1-2H3,(H2,20,21,22);1H. The number of aliphatic imine (C=N–C) groups is 1. The van der Waals surface area contributed by atoms with E-state index in [4.69, 9.17) is 4.74 Å². The molecule has 0 amide bonds. The Bertz CT molecular complexity index is 712. The van der Waals surface area contributed by atoms with Gasteiger partial charge in [0.1, 0.15) is 12.4 Å². The van der Waals surface area contributed by atoms with Gasteiger partial charge < -0.3 is 15.4 Å². The van der Waals surface area contributed by atoms with Crippen LogP contribution in [0, 0.1) is 11.6 Å². The van der Waals surface area contributed by atoms with E-state index in [2.05, 4.69) is 27.5 Å². The summed E-state index contributed by atoms with van der Waals surface area (Å²) in [6.45, 7) is 5.90. The molecule has 144 valence electrons. The number of nitrogens with one attached hydrogen (secondary N) is 2. The fraction of sp³-hybridized carbons (Fsp3) is 0.412. The second-order valence-electron chi connectivity index (χ2n) is 5.13. The van der Waals surface area contributed by atoms with Gasteiger partial charge in [0, 0.05) is 18.0 Å². The van der Waals surface area contributed by atoms with Gasteiger partial charge in [-0.05, 0) is 25.5 Å². The lowest BCUT2D eigenvalue weighted by molar-refractivity contribution is 0.304. The number of halogens is 3. The van der Waals surface area contributed by atoms with Crippen molar-refractivity contribution >= 4 is 41.3 Å². The summed E-state index contributed by atoms with van der Waals surface area (Å²) in [7, 11) is 0. The van der Waals surface area contributed by atoms with Gasteiger partial charge in [0.05, 0.1) is 23.8 Å². The number of aromatic nitrogens is 1. The van der Waals surface area contributed by atoms with Gasteiger partial charge in [0.15, 0.2) is 17.5 Å². The Morgan fingerprint density at radius 3 is 2.73 bits per heavy atom. The minimum Gasteiger partial charge on any atom is -0.489 e. The van der Waals surface area contributed by atoms with E-state index in [1.54, 1.807) is 11.3 Å². The Hall–Kier alpha value is -1.49. The average molecular weight is 496 g/mol. The van der Waals surface area contributed by atoms with Crippen molar-refractivity contribution in [2.45, 2.75) is 26.8 Å². The number of thiazole rings is 1. The van der Waals surface area contributed by atoms with Gasteiger partial charge in [0.25, 0.3) is 0 Å². The molecule has 0 fully saturated rings. The van der Waals surface area contributed by atoms with E-state index in [0.29, 0.717) is 19.0 Å². The maximum absolute atomic E-state index is 13.5. The number of hydrogen-bond acceptors (Lipinski definition) is 4. The minimum atomic E-state index is -0.712. The molecule has 26 heavy (non-hydrogen) atoms.